The maximum atomic E-state index is 9.75. The number of amidine groups is 1. The second-order valence-electron chi connectivity index (χ2n) is 3.33. The molecule has 0 aliphatic carbocycles. The normalized spacial score (nSPS) is 24.3. The van der Waals surface area contributed by atoms with E-state index in [1.54, 1.807) is 22.6 Å². The number of nitrogens with zero attached hydrogens (tertiary/aromatic N) is 3. The molecule has 2 heterocycles. The fourth-order valence-corrected chi connectivity index (χ4v) is 2.21. The fourth-order valence-electron chi connectivity index (χ4n) is 1.44. The number of aromatic nitrogens is 1. The zero-order valence-electron chi connectivity index (χ0n) is 9.04. The molecule has 0 aromatic carbocycles. The summed E-state index contributed by atoms with van der Waals surface area (Å²) in [7, 11) is 0. The summed E-state index contributed by atoms with van der Waals surface area (Å²) in [5.74, 6) is 0.751. The monoisotopic (exact) mass is 270 g/mol. The van der Waals surface area contributed by atoms with E-state index in [0.29, 0.717) is 17.4 Å². The standard InChI is InChI=1S/C10H11ClN4OS/c1-17-15-8(12)6-10(11,16)14-9(15)7-4-2-3-5-13-7/h2-6,16H,12H2,1H3. The molecule has 2 rings (SSSR count). The third kappa shape index (κ3) is 2.54. The molecule has 1 aromatic rings. The first-order valence-electron chi connectivity index (χ1n) is 4.78. The van der Waals surface area contributed by atoms with E-state index < -0.39 is 5.18 Å². The van der Waals surface area contributed by atoms with E-state index in [4.69, 9.17) is 17.3 Å². The van der Waals surface area contributed by atoms with Gasteiger partial charge in [0.2, 0.25) is 0 Å². The van der Waals surface area contributed by atoms with Crippen LogP contribution in [-0.2, 0) is 0 Å². The molecule has 0 saturated carbocycles. The number of hydrogen-bond acceptors (Lipinski definition) is 6. The Morgan fingerprint density at radius 2 is 2.29 bits per heavy atom. The lowest BCUT2D eigenvalue weighted by Crippen LogP contribution is -2.37. The number of nitrogens with two attached hydrogens (primary N) is 1. The number of aliphatic hydroxyl groups is 1. The van der Waals surface area contributed by atoms with Gasteiger partial charge >= 0.3 is 0 Å². The van der Waals surface area contributed by atoms with Crippen LogP contribution in [0.3, 0.4) is 0 Å². The van der Waals surface area contributed by atoms with Gasteiger partial charge in [-0.1, -0.05) is 17.7 Å². The van der Waals surface area contributed by atoms with Crippen LogP contribution in [0, 0.1) is 0 Å². The van der Waals surface area contributed by atoms with Gasteiger partial charge in [-0.3, -0.25) is 9.29 Å². The fraction of sp³-hybridized carbons (Fsp3) is 0.200. The lowest BCUT2D eigenvalue weighted by molar-refractivity contribution is 0.184. The van der Waals surface area contributed by atoms with Crippen LogP contribution in [-0.4, -0.2) is 31.7 Å². The van der Waals surface area contributed by atoms with Crippen molar-refractivity contribution >= 4 is 29.4 Å². The Labute approximate surface area is 108 Å². The predicted octanol–water partition coefficient (Wildman–Crippen LogP) is 1.11. The van der Waals surface area contributed by atoms with E-state index in [1.165, 1.54) is 18.0 Å². The van der Waals surface area contributed by atoms with Gasteiger partial charge in [0.05, 0.1) is 0 Å². The first-order valence-corrected chi connectivity index (χ1v) is 6.34. The summed E-state index contributed by atoms with van der Waals surface area (Å²) in [6.45, 7) is 0. The Hall–Kier alpha value is -1.24. The topological polar surface area (TPSA) is 74.7 Å². The van der Waals surface area contributed by atoms with Crippen molar-refractivity contribution in [3.63, 3.8) is 0 Å². The van der Waals surface area contributed by atoms with Crippen LogP contribution < -0.4 is 5.73 Å². The molecule has 1 aliphatic rings. The SMILES string of the molecule is CSN1C(N)=CC(O)(Cl)N=C1c1ccccn1. The van der Waals surface area contributed by atoms with Crippen molar-refractivity contribution in [1.29, 1.82) is 0 Å². The van der Waals surface area contributed by atoms with Crippen LogP contribution in [0.4, 0.5) is 0 Å². The maximum absolute atomic E-state index is 9.75. The molecule has 0 radical (unpaired) electrons. The Morgan fingerprint density at radius 1 is 1.53 bits per heavy atom. The average Bonchev–Trinajstić information content (AvgIpc) is 2.28. The van der Waals surface area contributed by atoms with Gasteiger partial charge in [0, 0.05) is 18.5 Å². The van der Waals surface area contributed by atoms with E-state index in [2.05, 4.69) is 9.98 Å². The van der Waals surface area contributed by atoms with E-state index in [0.717, 1.165) is 0 Å². The molecule has 7 heteroatoms. The number of halogens is 1. The summed E-state index contributed by atoms with van der Waals surface area (Å²) < 4.78 is 1.65. The van der Waals surface area contributed by atoms with Gasteiger partial charge in [-0.05, 0) is 24.1 Å². The highest BCUT2D eigenvalue weighted by atomic mass is 35.5. The minimum absolute atomic E-state index is 0.325. The molecule has 0 spiro atoms. The summed E-state index contributed by atoms with van der Waals surface area (Å²) in [4.78, 5) is 8.17. The van der Waals surface area contributed by atoms with Crippen molar-refractivity contribution in [1.82, 2.24) is 9.29 Å². The van der Waals surface area contributed by atoms with Crippen molar-refractivity contribution < 1.29 is 5.11 Å². The number of pyridine rings is 1. The lowest BCUT2D eigenvalue weighted by Gasteiger charge is -2.29. The highest BCUT2D eigenvalue weighted by Crippen LogP contribution is 2.28. The molecule has 5 nitrogen and oxygen atoms in total. The molecule has 0 amide bonds. The molecule has 1 unspecified atom stereocenters. The van der Waals surface area contributed by atoms with Gasteiger partial charge in [-0.2, -0.15) is 0 Å². The minimum Gasteiger partial charge on any atom is -0.384 e. The number of aliphatic imine (C=N–C) groups is 1. The molecule has 17 heavy (non-hydrogen) atoms. The van der Waals surface area contributed by atoms with Crippen molar-refractivity contribution in [3.05, 3.63) is 42.0 Å². The minimum atomic E-state index is -1.82. The van der Waals surface area contributed by atoms with Crippen molar-refractivity contribution in [2.24, 2.45) is 10.7 Å². The van der Waals surface area contributed by atoms with Crippen molar-refractivity contribution in [3.8, 4) is 0 Å². The van der Waals surface area contributed by atoms with Crippen LogP contribution in [0.1, 0.15) is 5.69 Å². The van der Waals surface area contributed by atoms with E-state index in [9.17, 15) is 5.11 Å². The quantitative estimate of drug-likeness (QED) is 0.478. The van der Waals surface area contributed by atoms with Gasteiger partial charge in [-0.25, -0.2) is 4.99 Å². The first-order chi connectivity index (χ1) is 8.03. The van der Waals surface area contributed by atoms with Crippen LogP contribution in [0.2, 0.25) is 0 Å². The Kier molecular flexibility index (Phi) is 3.28. The Morgan fingerprint density at radius 3 is 2.88 bits per heavy atom. The summed E-state index contributed by atoms with van der Waals surface area (Å²) in [5.41, 5.74) is 6.40. The molecule has 1 aliphatic heterocycles. The molecule has 0 fully saturated rings. The Balaban J connectivity index is 2.47. The molecular weight excluding hydrogens is 260 g/mol. The van der Waals surface area contributed by atoms with Crippen LogP contribution in [0.25, 0.3) is 0 Å². The third-order valence-electron chi connectivity index (χ3n) is 2.10. The highest BCUT2D eigenvalue weighted by molar-refractivity contribution is 7.97. The van der Waals surface area contributed by atoms with Gasteiger partial charge in [0.15, 0.2) is 5.84 Å². The molecule has 90 valence electrons. The van der Waals surface area contributed by atoms with E-state index >= 15 is 0 Å². The summed E-state index contributed by atoms with van der Waals surface area (Å²) in [6.07, 6.45) is 4.76. The maximum Gasteiger partial charge on any atom is 0.260 e. The molecule has 1 atom stereocenters. The van der Waals surface area contributed by atoms with Crippen LogP contribution >= 0.6 is 23.5 Å². The largest absolute Gasteiger partial charge is 0.384 e. The van der Waals surface area contributed by atoms with Crippen LogP contribution in [0.15, 0.2) is 41.3 Å². The third-order valence-corrected chi connectivity index (χ3v) is 3.04. The van der Waals surface area contributed by atoms with E-state index in [1.807, 2.05) is 12.3 Å². The van der Waals surface area contributed by atoms with Crippen LogP contribution in [0.5, 0.6) is 0 Å². The predicted molar refractivity (Wildman–Crippen MR) is 69.2 cm³/mol. The second-order valence-corrected chi connectivity index (χ2v) is 4.62. The zero-order valence-corrected chi connectivity index (χ0v) is 10.6. The van der Waals surface area contributed by atoms with E-state index in [-0.39, 0.29) is 0 Å². The Bertz CT molecular complexity index is 474. The first kappa shape index (κ1) is 12.2. The molecular formula is C10H11ClN4OS. The number of rotatable bonds is 2. The second kappa shape index (κ2) is 4.56. The molecule has 1 aromatic heterocycles. The highest BCUT2D eigenvalue weighted by Gasteiger charge is 2.31. The molecule has 0 bridgehead atoms. The zero-order chi connectivity index (χ0) is 12.5. The van der Waals surface area contributed by atoms with Gasteiger partial charge < -0.3 is 10.8 Å². The summed E-state index contributed by atoms with van der Waals surface area (Å²) in [6, 6.07) is 5.39. The van der Waals surface area contributed by atoms with Gasteiger partial charge in [0.1, 0.15) is 11.5 Å². The number of hydrogen-bond donors (Lipinski definition) is 2. The molecule has 3 N–H and O–H groups in total. The smallest absolute Gasteiger partial charge is 0.260 e. The summed E-state index contributed by atoms with van der Waals surface area (Å²) >= 11 is 7.14. The van der Waals surface area contributed by atoms with Crippen molar-refractivity contribution in [2.45, 2.75) is 5.18 Å². The lowest BCUT2D eigenvalue weighted by atomic mass is 10.3. The van der Waals surface area contributed by atoms with Gasteiger partial charge in [0.25, 0.3) is 5.18 Å². The van der Waals surface area contributed by atoms with Crippen molar-refractivity contribution in [2.75, 3.05) is 6.26 Å². The number of alkyl halides is 1. The molecule has 0 saturated heterocycles. The summed E-state index contributed by atoms with van der Waals surface area (Å²) in [5, 5.41) is 7.93. The average molecular weight is 271 g/mol. The van der Waals surface area contributed by atoms with Gasteiger partial charge in [-0.15, -0.1) is 0 Å².